The van der Waals surface area contributed by atoms with Crippen LogP contribution in [0.1, 0.15) is 15.3 Å². The standard InChI is InChI=1S/C12H12BrClN2S/c1-7-3-10(17-8(7)2)6-16-12-11(13)4-9(14)5-15-12/h3-5H,6H2,1-2H3,(H,15,16). The number of pyridine rings is 1. The Morgan fingerprint density at radius 3 is 2.76 bits per heavy atom. The highest BCUT2D eigenvalue weighted by Gasteiger charge is 2.04. The summed E-state index contributed by atoms with van der Waals surface area (Å²) in [7, 11) is 0. The quantitative estimate of drug-likeness (QED) is 0.875. The largest absolute Gasteiger partial charge is 0.364 e. The minimum atomic E-state index is 0.630. The molecule has 0 aliphatic carbocycles. The van der Waals surface area contributed by atoms with Gasteiger partial charge in [-0.3, -0.25) is 0 Å². The van der Waals surface area contributed by atoms with E-state index in [1.165, 1.54) is 15.3 Å². The van der Waals surface area contributed by atoms with Gasteiger partial charge in [-0.05, 0) is 47.5 Å². The van der Waals surface area contributed by atoms with E-state index in [0.29, 0.717) is 5.02 Å². The average molecular weight is 332 g/mol. The van der Waals surface area contributed by atoms with E-state index >= 15 is 0 Å². The molecule has 2 nitrogen and oxygen atoms in total. The van der Waals surface area contributed by atoms with Gasteiger partial charge in [0.05, 0.1) is 16.0 Å². The summed E-state index contributed by atoms with van der Waals surface area (Å²) >= 11 is 11.1. The van der Waals surface area contributed by atoms with Gasteiger partial charge >= 0.3 is 0 Å². The van der Waals surface area contributed by atoms with Gasteiger partial charge in [-0.15, -0.1) is 11.3 Å². The van der Waals surface area contributed by atoms with Crippen molar-refractivity contribution in [1.82, 2.24) is 4.98 Å². The summed E-state index contributed by atoms with van der Waals surface area (Å²) in [6.45, 7) is 5.05. The summed E-state index contributed by atoms with van der Waals surface area (Å²) in [6, 6.07) is 4.04. The van der Waals surface area contributed by atoms with Gasteiger partial charge in [0.2, 0.25) is 0 Å². The number of hydrogen-bond donors (Lipinski definition) is 1. The maximum absolute atomic E-state index is 5.84. The van der Waals surface area contributed by atoms with E-state index in [0.717, 1.165) is 16.8 Å². The van der Waals surface area contributed by atoms with E-state index in [1.54, 1.807) is 6.20 Å². The van der Waals surface area contributed by atoms with Crippen LogP contribution in [0.5, 0.6) is 0 Å². The minimum absolute atomic E-state index is 0.630. The highest BCUT2D eigenvalue weighted by Crippen LogP contribution is 2.25. The average Bonchev–Trinajstić information content (AvgIpc) is 2.57. The lowest BCUT2D eigenvalue weighted by Crippen LogP contribution is -2.00. The summed E-state index contributed by atoms with van der Waals surface area (Å²) < 4.78 is 0.884. The van der Waals surface area contributed by atoms with Gasteiger partial charge in [-0.1, -0.05) is 11.6 Å². The number of hydrogen-bond acceptors (Lipinski definition) is 3. The third-order valence-corrected chi connectivity index (χ3v) is 4.42. The lowest BCUT2D eigenvalue weighted by atomic mass is 10.3. The highest BCUT2D eigenvalue weighted by atomic mass is 79.9. The fraction of sp³-hybridized carbons (Fsp3) is 0.250. The van der Waals surface area contributed by atoms with Crippen molar-refractivity contribution in [2.24, 2.45) is 0 Å². The van der Waals surface area contributed by atoms with Crippen molar-refractivity contribution >= 4 is 44.7 Å². The number of anilines is 1. The van der Waals surface area contributed by atoms with Crippen molar-refractivity contribution in [1.29, 1.82) is 0 Å². The topological polar surface area (TPSA) is 24.9 Å². The Labute approximate surface area is 118 Å². The summed E-state index contributed by atoms with van der Waals surface area (Å²) in [5, 5.41) is 3.92. The molecule has 0 amide bonds. The predicted octanol–water partition coefficient (Wildman–Crippen LogP) is 4.79. The third-order valence-electron chi connectivity index (χ3n) is 2.45. The first-order chi connectivity index (χ1) is 8.06. The first-order valence-corrected chi connectivity index (χ1v) is 7.16. The van der Waals surface area contributed by atoms with E-state index in [4.69, 9.17) is 11.6 Å². The summed E-state index contributed by atoms with van der Waals surface area (Å²) in [5.41, 5.74) is 1.34. The van der Waals surface area contributed by atoms with E-state index in [9.17, 15) is 0 Å². The van der Waals surface area contributed by atoms with Crippen molar-refractivity contribution in [3.63, 3.8) is 0 Å². The zero-order valence-corrected chi connectivity index (χ0v) is 12.7. The van der Waals surface area contributed by atoms with Crippen LogP contribution in [-0.4, -0.2) is 4.98 Å². The molecule has 2 aromatic heterocycles. The van der Waals surface area contributed by atoms with Crippen LogP contribution in [0.2, 0.25) is 5.02 Å². The van der Waals surface area contributed by atoms with Crippen molar-refractivity contribution in [3.8, 4) is 0 Å². The SMILES string of the molecule is Cc1cc(CNc2ncc(Cl)cc2Br)sc1C. The molecule has 0 spiro atoms. The van der Waals surface area contributed by atoms with E-state index in [1.807, 2.05) is 17.4 Å². The maximum atomic E-state index is 5.84. The molecule has 0 radical (unpaired) electrons. The van der Waals surface area contributed by atoms with Gasteiger partial charge in [0.1, 0.15) is 5.82 Å². The first kappa shape index (κ1) is 12.9. The molecule has 5 heteroatoms. The van der Waals surface area contributed by atoms with Crippen molar-refractivity contribution in [2.45, 2.75) is 20.4 Å². The van der Waals surface area contributed by atoms with Crippen molar-refractivity contribution in [2.75, 3.05) is 5.32 Å². The van der Waals surface area contributed by atoms with Crippen LogP contribution in [0.15, 0.2) is 22.8 Å². The summed E-state index contributed by atoms with van der Waals surface area (Å²) in [5.74, 6) is 0.818. The number of aryl methyl sites for hydroxylation is 2. The predicted molar refractivity (Wildman–Crippen MR) is 78.1 cm³/mol. The molecule has 0 saturated carbocycles. The second kappa shape index (κ2) is 5.38. The Morgan fingerprint density at radius 1 is 1.41 bits per heavy atom. The summed E-state index contributed by atoms with van der Waals surface area (Å²) in [4.78, 5) is 6.91. The van der Waals surface area contributed by atoms with Gasteiger partial charge in [0.15, 0.2) is 0 Å². The van der Waals surface area contributed by atoms with Crippen LogP contribution in [0.25, 0.3) is 0 Å². The zero-order valence-electron chi connectivity index (χ0n) is 9.55. The molecule has 90 valence electrons. The molecule has 2 heterocycles. The van der Waals surface area contributed by atoms with Gasteiger partial charge in [-0.2, -0.15) is 0 Å². The van der Waals surface area contributed by atoms with Gasteiger partial charge < -0.3 is 5.32 Å². The number of rotatable bonds is 3. The Balaban J connectivity index is 2.07. The molecule has 0 atom stereocenters. The highest BCUT2D eigenvalue weighted by molar-refractivity contribution is 9.10. The maximum Gasteiger partial charge on any atom is 0.140 e. The van der Waals surface area contributed by atoms with Crippen LogP contribution < -0.4 is 5.32 Å². The molecule has 0 aliphatic heterocycles. The number of nitrogens with one attached hydrogen (secondary N) is 1. The Hall–Kier alpha value is -0.580. The van der Waals surface area contributed by atoms with Crippen LogP contribution in [0.3, 0.4) is 0 Å². The molecule has 17 heavy (non-hydrogen) atoms. The molecular formula is C12H12BrClN2S. The number of thiophene rings is 1. The molecule has 0 aromatic carbocycles. The third kappa shape index (κ3) is 3.21. The monoisotopic (exact) mass is 330 g/mol. The second-order valence-corrected chi connectivity index (χ2v) is 6.42. The molecule has 0 fully saturated rings. The van der Waals surface area contributed by atoms with Gasteiger partial charge in [0, 0.05) is 16.0 Å². The summed E-state index contributed by atoms with van der Waals surface area (Å²) in [6.07, 6.45) is 1.64. The Kier molecular flexibility index (Phi) is 4.07. The fourth-order valence-electron chi connectivity index (χ4n) is 1.45. The van der Waals surface area contributed by atoms with Gasteiger partial charge in [0.25, 0.3) is 0 Å². The number of aromatic nitrogens is 1. The van der Waals surface area contributed by atoms with Crippen molar-refractivity contribution in [3.05, 3.63) is 43.1 Å². The molecule has 0 unspecified atom stereocenters. The number of nitrogens with zero attached hydrogens (tertiary/aromatic N) is 1. The normalized spacial score (nSPS) is 10.6. The molecule has 0 aliphatic rings. The molecule has 2 rings (SSSR count). The molecule has 1 N–H and O–H groups in total. The molecular weight excluding hydrogens is 320 g/mol. The first-order valence-electron chi connectivity index (χ1n) is 5.17. The van der Waals surface area contributed by atoms with Crippen LogP contribution in [0.4, 0.5) is 5.82 Å². The van der Waals surface area contributed by atoms with Crippen molar-refractivity contribution < 1.29 is 0 Å². The fourth-order valence-corrected chi connectivity index (χ4v) is 3.22. The zero-order chi connectivity index (χ0) is 12.4. The van der Waals surface area contributed by atoms with Crippen LogP contribution in [0, 0.1) is 13.8 Å². The van der Waals surface area contributed by atoms with E-state index in [2.05, 4.69) is 46.1 Å². The number of halogens is 2. The smallest absolute Gasteiger partial charge is 0.140 e. The van der Waals surface area contributed by atoms with Crippen LogP contribution >= 0.6 is 38.9 Å². The van der Waals surface area contributed by atoms with E-state index in [-0.39, 0.29) is 0 Å². The Morgan fingerprint density at radius 2 is 2.18 bits per heavy atom. The lowest BCUT2D eigenvalue weighted by molar-refractivity contribution is 1.13. The van der Waals surface area contributed by atoms with Crippen LogP contribution in [-0.2, 0) is 6.54 Å². The molecule has 0 saturated heterocycles. The Bertz CT molecular complexity index is 520. The lowest BCUT2D eigenvalue weighted by Gasteiger charge is -2.06. The van der Waals surface area contributed by atoms with Gasteiger partial charge in [-0.25, -0.2) is 4.98 Å². The minimum Gasteiger partial charge on any atom is -0.364 e. The van der Waals surface area contributed by atoms with E-state index < -0.39 is 0 Å². The molecule has 0 bridgehead atoms. The molecule has 2 aromatic rings. The second-order valence-electron chi connectivity index (χ2n) is 3.79.